The fourth-order valence-electron chi connectivity index (χ4n) is 1.64. The van der Waals surface area contributed by atoms with Crippen LogP contribution in [0.2, 0.25) is 0 Å². The van der Waals surface area contributed by atoms with Gasteiger partial charge in [-0.05, 0) is 24.3 Å². The number of aromatic nitrogens is 1. The van der Waals surface area contributed by atoms with E-state index in [1.54, 1.807) is 17.5 Å². The molecule has 0 bridgehead atoms. The van der Waals surface area contributed by atoms with Gasteiger partial charge in [0.15, 0.2) is 0 Å². The monoisotopic (exact) mass is 289 g/mol. The van der Waals surface area contributed by atoms with Gasteiger partial charge in [0.25, 0.3) is 0 Å². The fourth-order valence-corrected chi connectivity index (χ4v) is 2.28. The standard InChI is InChI=1S/C14H15N3O2S/c1-10(18)15-7-6-13(19)17-12-4-2-11(3-5-12)14-16-8-9-20-14/h2-5,8-9H,6-7H2,1H3,(H,15,18)(H,17,19). The van der Waals surface area contributed by atoms with Crippen LogP contribution in [0.1, 0.15) is 13.3 Å². The Hall–Kier alpha value is -2.21. The van der Waals surface area contributed by atoms with Gasteiger partial charge in [0, 0.05) is 42.7 Å². The maximum absolute atomic E-state index is 11.6. The molecule has 0 spiro atoms. The van der Waals surface area contributed by atoms with Crippen molar-refractivity contribution in [3.63, 3.8) is 0 Å². The highest BCUT2D eigenvalue weighted by Crippen LogP contribution is 2.23. The lowest BCUT2D eigenvalue weighted by Gasteiger charge is -2.06. The van der Waals surface area contributed by atoms with E-state index in [2.05, 4.69) is 15.6 Å². The number of carbonyl (C=O) groups excluding carboxylic acids is 2. The molecule has 2 rings (SSSR count). The fraction of sp³-hybridized carbons (Fsp3) is 0.214. The molecule has 1 heterocycles. The first-order valence-corrected chi connectivity index (χ1v) is 7.07. The van der Waals surface area contributed by atoms with Crippen molar-refractivity contribution in [3.8, 4) is 10.6 Å². The summed E-state index contributed by atoms with van der Waals surface area (Å²) in [6.45, 7) is 1.77. The van der Waals surface area contributed by atoms with Crippen molar-refractivity contribution in [2.24, 2.45) is 0 Å². The number of rotatable bonds is 5. The summed E-state index contributed by atoms with van der Waals surface area (Å²) in [5.74, 6) is -0.258. The molecule has 1 aromatic heterocycles. The number of thiazole rings is 1. The second-order valence-electron chi connectivity index (χ2n) is 4.20. The summed E-state index contributed by atoms with van der Waals surface area (Å²) in [7, 11) is 0. The smallest absolute Gasteiger partial charge is 0.226 e. The topological polar surface area (TPSA) is 71.1 Å². The van der Waals surface area contributed by atoms with Crippen molar-refractivity contribution >= 4 is 28.8 Å². The largest absolute Gasteiger partial charge is 0.356 e. The van der Waals surface area contributed by atoms with E-state index in [4.69, 9.17) is 0 Å². The Morgan fingerprint density at radius 1 is 1.25 bits per heavy atom. The van der Waals surface area contributed by atoms with Gasteiger partial charge in [-0.3, -0.25) is 9.59 Å². The van der Waals surface area contributed by atoms with Crippen LogP contribution in [0.25, 0.3) is 10.6 Å². The summed E-state index contributed by atoms with van der Waals surface area (Å²) in [4.78, 5) is 26.5. The van der Waals surface area contributed by atoms with Crippen LogP contribution in [-0.2, 0) is 9.59 Å². The van der Waals surface area contributed by atoms with Crippen LogP contribution in [0.15, 0.2) is 35.8 Å². The zero-order valence-corrected chi connectivity index (χ0v) is 11.9. The second-order valence-corrected chi connectivity index (χ2v) is 5.09. The van der Waals surface area contributed by atoms with E-state index in [1.807, 2.05) is 29.6 Å². The third-order valence-electron chi connectivity index (χ3n) is 2.57. The van der Waals surface area contributed by atoms with E-state index in [0.717, 1.165) is 16.3 Å². The Kier molecular flexibility index (Phi) is 4.84. The molecule has 0 aliphatic carbocycles. The molecule has 0 saturated heterocycles. The number of nitrogens with one attached hydrogen (secondary N) is 2. The van der Waals surface area contributed by atoms with E-state index >= 15 is 0 Å². The van der Waals surface area contributed by atoms with E-state index in [9.17, 15) is 9.59 Å². The van der Waals surface area contributed by atoms with Gasteiger partial charge in [0.1, 0.15) is 5.01 Å². The molecule has 2 N–H and O–H groups in total. The van der Waals surface area contributed by atoms with E-state index in [0.29, 0.717) is 6.54 Å². The molecule has 5 nitrogen and oxygen atoms in total. The molecule has 0 atom stereocenters. The highest BCUT2D eigenvalue weighted by molar-refractivity contribution is 7.13. The van der Waals surface area contributed by atoms with Gasteiger partial charge < -0.3 is 10.6 Å². The summed E-state index contributed by atoms with van der Waals surface area (Å²) < 4.78 is 0. The average molecular weight is 289 g/mol. The zero-order valence-electron chi connectivity index (χ0n) is 11.1. The summed E-state index contributed by atoms with van der Waals surface area (Å²) in [5.41, 5.74) is 1.76. The highest BCUT2D eigenvalue weighted by Gasteiger charge is 2.04. The van der Waals surface area contributed by atoms with Crippen molar-refractivity contribution in [1.29, 1.82) is 0 Å². The van der Waals surface area contributed by atoms with Crippen molar-refractivity contribution in [2.75, 3.05) is 11.9 Å². The van der Waals surface area contributed by atoms with Crippen LogP contribution in [-0.4, -0.2) is 23.3 Å². The lowest BCUT2D eigenvalue weighted by Crippen LogP contribution is -2.25. The summed E-state index contributed by atoms with van der Waals surface area (Å²) in [6, 6.07) is 7.52. The minimum Gasteiger partial charge on any atom is -0.356 e. The lowest BCUT2D eigenvalue weighted by molar-refractivity contribution is -0.119. The summed E-state index contributed by atoms with van der Waals surface area (Å²) in [5, 5.41) is 8.24. The number of nitrogens with zero attached hydrogens (tertiary/aromatic N) is 1. The molecule has 0 saturated carbocycles. The molecule has 0 fully saturated rings. The van der Waals surface area contributed by atoms with E-state index in [1.165, 1.54) is 6.92 Å². The van der Waals surface area contributed by atoms with Gasteiger partial charge in [-0.2, -0.15) is 0 Å². The molecular weight excluding hydrogens is 274 g/mol. The minimum absolute atomic E-state index is 0.124. The Bertz CT molecular complexity index is 579. The lowest BCUT2D eigenvalue weighted by atomic mass is 10.2. The van der Waals surface area contributed by atoms with Crippen molar-refractivity contribution < 1.29 is 9.59 Å². The van der Waals surface area contributed by atoms with Crippen LogP contribution < -0.4 is 10.6 Å². The Labute approximate surface area is 121 Å². The van der Waals surface area contributed by atoms with Gasteiger partial charge >= 0.3 is 0 Å². The second kappa shape index (κ2) is 6.81. The van der Waals surface area contributed by atoms with Crippen LogP contribution in [0, 0.1) is 0 Å². The molecule has 2 amide bonds. The Balaban J connectivity index is 1.87. The zero-order chi connectivity index (χ0) is 14.4. The maximum Gasteiger partial charge on any atom is 0.226 e. The molecule has 104 valence electrons. The van der Waals surface area contributed by atoms with Crippen LogP contribution in [0.4, 0.5) is 5.69 Å². The molecule has 0 radical (unpaired) electrons. The number of hydrogen-bond acceptors (Lipinski definition) is 4. The number of benzene rings is 1. The highest BCUT2D eigenvalue weighted by atomic mass is 32.1. The number of carbonyl (C=O) groups is 2. The van der Waals surface area contributed by atoms with Gasteiger partial charge in [-0.15, -0.1) is 11.3 Å². The van der Waals surface area contributed by atoms with E-state index in [-0.39, 0.29) is 18.2 Å². The van der Waals surface area contributed by atoms with E-state index < -0.39 is 0 Å². The Morgan fingerprint density at radius 3 is 2.60 bits per heavy atom. The minimum atomic E-state index is -0.134. The summed E-state index contributed by atoms with van der Waals surface area (Å²) in [6.07, 6.45) is 2.02. The third kappa shape index (κ3) is 4.17. The first kappa shape index (κ1) is 14.2. The molecule has 6 heteroatoms. The van der Waals surface area contributed by atoms with Crippen LogP contribution >= 0.6 is 11.3 Å². The third-order valence-corrected chi connectivity index (χ3v) is 3.40. The van der Waals surface area contributed by atoms with Crippen LogP contribution in [0.5, 0.6) is 0 Å². The predicted molar refractivity (Wildman–Crippen MR) is 79.5 cm³/mol. The first-order valence-electron chi connectivity index (χ1n) is 6.19. The van der Waals surface area contributed by atoms with Gasteiger partial charge in [0.2, 0.25) is 11.8 Å². The number of amides is 2. The van der Waals surface area contributed by atoms with Crippen molar-refractivity contribution in [2.45, 2.75) is 13.3 Å². The molecular formula is C14H15N3O2S. The molecule has 1 aromatic carbocycles. The normalized spacial score (nSPS) is 10.1. The molecule has 0 aliphatic rings. The molecule has 20 heavy (non-hydrogen) atoms. The molecule has 2 aromatic rings. The maximum atomic E-state index is 11.6. The van der Waals surface area contributed by atoms with Crippen molar-refractivity contribution in [3.05, 3.63) is 35.8 Å². The number of hydrogen-bond donors (Lipinski definition) is 2. The Morgan fingerprint density at radius 2 is 2.00 bits per heavy atom. The predicted octanol–water partition coefficient (Wildman–Crippen LogP) is 2.27. The van der Waals surface area contributed by atoms with Crippen molar-refractivity contribution in [1.82, 2.24) is 10.3 Å². The average Bonchev–Trinajstić information content (AvgIpc) is 2.93. The first-order chi connectivity index (χ1) is 9.65. The van der Waals surface area contributed by atoms with Gasteiger partial charge in [0.05, 0.1) is 0 Å². The van der Waals surface area contributed by atoms with Gasteiger partial charge in [-0.1, -0.05) is 0 Å². The summed E-state index contributed by atoms with van der Waals surface area (Å²) >= 11 is 1.57. The SMILES string of the molecule is CC(=O)NCCC(=O)Nc1ccc(-c2nccs2)cc1. The molecule has 0 unspecified atom stereocenters. The van der Waals surface area contributed by atoms with Gasteiger partial charge in [-0.25, -0.2) is 4.98 Å². The molecule has 0 aliphatic heterocycles. The number of anilines is 1. The quantitative estimate of drug-likeness (QED) is 0.887. The van der Waals surface area contributed by atoms with Crippen LogP contribution in [0.3, 0.4) is 0 Å².